The van der Waals surface area contributed by atoms with Gasteiger partial charge in [0.05, 0.1) is 0 Å². The van der Waals surface area contributed by atoms with Gasteiger partial charge in [0.25, 0.3) is 0 Å². The summed E-state index contributed by atoms with van der Waals surface area (Å²) in [6.45, 7) is 8.10. The second-order valence-electron chi connectivity index (χ2n) is 6.08. The Hall–Kier alpha value is -0.280. The first-order chi connectivity index (χ1) is 9.17. The molecular weight excluding hydrogens is 272 g/mol. The summed E-state index contributed by atoms with van der Waals surface area (Å²) in [4.78, 5) is 12.3. The molecule has 1 unspecified atom stereocenters. The number of halogens is 1. The fourth-order valence-electron chi connectivity index (χ4n) is 3.17. The third-order valence-electron chi connectivity index (χ3n) is 4.24. The van der Waals surface area contributed by atoms with E-state index in [2.05, 4.69) is 31.4 Å². The summed E-state index contributed by atoms with van der Waals surface area (Å²) in [7, 11) is 0. The van der Waals surface area contributed by atoms with Crippen LogP contribution in [-0.4, -0.2) is 25.0 Å². The maximum atomic E-state index is 12.3. The predicted octanol–water partition coefficient (Wildman–Crippen LogP) is 3.52. The van der Waals surface area contributed by atoms with Gasteiger partial charge in [-0.3, -0.25) is 4.79 Å². The molecule has 0 aliphatic heterocycles. The summed E-state index contributed by atoms with van der Waals surface area (Å²) in [5.74, 6) is 1.31. The summed E-state index contributed by atoms with van der Waals surface area (Å²) >= 11 is 0. The van der Waals surface area contributed by atoms with E-state index < -0.39 is 0 Å². The van der Waals surface area contributed by atoms with E-state index in [4.69, 9.17) is 0 Å². The van der Waals surface area contributed by atoms with E-state index in [9.17, 15) is 4.79 Å². The van der Waals surface area contributed by atoms with Crippen molar-refractivity contribution >= 4 is 18.3 Å². The van der Waals surface area contributed by atoms with E-state index in [1.165, 1.54) is 25.7 Å². The van der Waals surface area contributed by atoms with Gasteiger partial charge in [0.2, 0.25) is 5.91 Å². The average molecular weight is 305 g/mol. The van der Waals surface area contributed by atoms with Crippen molar-refractivity contribution in [1.82, 2.24) is 10.6 Å². The highest BCUT2D eigenvalue weighted by atomic mass is 35.5. The molecule has 4 heteroatoms. The third-order valence-corrected chi connectivity index (χ3v) is 4.24. The third kappa shape index (κ3) is 7.49. The smallest absolute Gasteiger partial charge is 0.223 e. The van der Waals surface area contributed by atoms with Crippen molar-refractivity contribution in [3.8, 4) is 0 Å². The molecule has 1 aliphatic carbocycles. The molecule has 20 heavy (non-hydrogen) atoms. The van der Waals surface area contributed by atoms with Gasteiger partial charge in [-0.2, -0.15) is 0 Å². The zero-order valence-electron chi connectivity index (χ0n) is 13.4. The first kappa shape index (κ1) is 19.7. The highest BCUT2D eigenvalue weighted by Crippen LogP contribution is 2.31. The standard InChI is InChI=1S/C16H32N2O.ClH/c1-4-8-15(11-14-9-6-7-10-14)16(19)18-12-13(3)17-5-2;/h13-15,17H,4-12H2,1-3H3,(H,18,19);1H/t13-,15?;/m1./s1. The van der Waals surface area contributed by atoms with E-state index in [0.717, 1.165) is 38.3 Å². The predicted molar refractivity (Wildman–Crippen MR) is 88.4 cm³/mol. The van der Waals surface area contributed by atoms with E-state index >= 15 is 0 Å². The van der Waals surface area contributed by atoms with Crippen LogP contribution in [0.2, 0.25) is 0 Å². The number of carbonyl (C=O) groups is 1. The number of rotatable bonds is 9. The lowest BCUT2D eigenvalue weighted by Gasteiger charge is -2.21. The lowest BCUT2D eigenvalue weighted by molar-refractivity contribution is -0.125. The zero-order valence-corrected chi connectivity index (χ0v) is 14.2. The number of likely N-dealkylation sites (N-methyl/N-ethyl adjacent to an activating group) is 1. The second kappa shape index (κ2) is 11.4. The molecule has 0 aromatic rings. The first-order valence-corrected chi connectivity index (χ1v) is 8.18. The highest BCUT2D eigenvalue weighted by Gasteiger charge is 2.24. The van der Waals surface area contributed by atoms with Gasteiger partial charge in [-0.15, -0.1) is 12.4 Å². The van der Waals surface area contributed by atoms with Crippen molar-refractivity contribution in [2.24, 2.45) is 11.8 Å². The molecule has 0 aromatic heterocycles. The van der Waals surface area contributed by atoms with Crippen LogP contribution in [0.15, 0.2) is 0 Å². The zero-order chi connectivity index (χ0) is 14.1. The lowest BCUT2D eigenvalue weighted by atomic mass is 9.89. The van der Waals surface area contributed by atoms with Crippen LogP contribution in [0, 0.1) is 11.8 Å². The Morgan fingerprint density at radius 1 is 1.25 bits per heavy atom. The SMILES string of the molecule is CCCC(CC1CCCC1)C(=O)NC[C@@H](C)NCC.Cl. The molecule has 0 aromatic carbocycles. The van der Waals surface area contributed by atoms with Crippen molar-refractivity contribution < 1.29 is 4.79 Å². The van der Waals surface area contributed by atoms with Gasteiger partial charge >= 0.3 is 0 Å². The maximum absolute atomic E-state index is 12.3. The van der Waals surface area contributed by atoms with Crippen LogP contribution >= 0.6 is 12.4 Å². The van der Waals surface area contributed by atoms with E-state index in [-0.39, 0.29) is 24.2 Å². The first-order valence-electron chi connectivity index (χ1n) is 8.18. The Bertz CT molecular complexity index is 255. The van der Waals surface area contributed by atoms with E-state index in [0.29, 0.717) is 6.04 Å². The molecule has 2 atom stereocenters. The van der Waals surface area contributed by atoms with E-state index in [1.54, 1.807) is 0 Å². The molecule has 0 bridgehead atoms. The van der Waals surface area contributed by atoms with Crippen LogP contribution in [-0.2, 0) is 4.79 Å². The van der Waals surface area contributed by atoms with Crippen LogP contribution in [0.4, 0.5) is 0 Å². The maximum Gasteiger partial charge on any atom is 0.223 e. The second-order valence-corrected chi connectivity index (χ2v) is 6.08. The molecule has 1 rings (SSSR count). The van der Waals surface area contributed by atoms with Crippen molar-refractivity contribution in [3.05, 3.63) is 0 Å². The van der Waals surface area contributed by atoms with Crippen molar-refractivity contribution in [1.29, 1.82) is 0 Å². The average Bonchev–Trinajstić information content (AvgIpc) is 2.89. The minimum atomic E-state index is 0. The summed E-state index contributed by atoms with van der Waals surface area (Å²) in [5, 5.41) is 6.45. The summed E-state index contributed by atoms with van der Waals surface area (Å²) in [6, 6.07) is 0.364. The number of hydrogen-bond donors (Lipinski definition) is 2. The lowest BCUT2D eigenvalue weighted by Crippen LogP contribution is -2.41. The van der Waals surface area contributed by atoms with Crippen molar-refractivity contribution in [3.63, 3.8) is 0 Å². The molecular formula is C16H33ClN2O. The number of carbonyl (C=O) groups excluding carboxylic acids is 1. The Morgan fingerprint density at radius 2 is 1.90 bits per heavy atom. The minimum absolute atomic E-state index is 0. The molecule has 1 saturated carbocycles. The molecule has 1 aliphatic rings. The van der Waals surface area contributed by atoms with Gasteiger partial charge in [-0.1, -0.05) is 46.0 Å². The van der Waals surface area contributed by atoms with Gasteiger partial charge in [0.15, 0.2) is 0 Å². The molecule has 3 nitrogen and oxygen atoms in total. The van der Waals surface area contributed by atoms with Crippen molar-refractivity contribution in [2.45, 2.75) is 71.8 Å². The molecule has 1 amide bonds. The van der Waals surface area contributed by atoms with Gasteiger partial charge < -0.3 is 10.6 Å². The summed E-state index contributed by atoms with van der Waals surface area (Å²) in [6.07, 6.45) is 8.65. The van der Waals surface area contributed by atoms with Crippen LogP contribution in [0.5, 0.6) is 0 Å². The van der Waals surface area contributed by atoms with Gasteiger partial charge in [-0.05, 0) is 32.2 Å². The number of nitrogens with one attached hydrogen (secondary N) is 2. The topological polar surface area (TPSA) is 41.1 Å². The molecule has 0 radical (unpaired) electrons. The fraction of sp³-hybridized carbons (Fsp3) is 0.938. The normalized spacial score (nSPS) is 18.4. The number of amides is 1. The van der Waals surface area contributed by atoms with Crippen LogP contribution in [0.3, 0.4) is 0 Å². The summed E-state index contributed by atoms with van der Waals surface area (Å²) < 4.78 is 0. The number of hydrogen-bond acceptors (Lipinski definition) is 2. The quantitative estimate of drug-likeness (QED) is 0.684. The Morgan fingerprint density at radius 3 is 2.45 bits per heavy atom. The fourth-order valence-corrected chi connectivity index (χ4v) is 3.17. The highest BCUT2D eigenvalue weighted by molar-refractivity contribution is 5.85. The van der Waals surface area contributed by atoms with Gasteiger partial charge in [0.1, 0.15) is 0 Å². The largest absolute Gasteiger partial charge is 0.354 e. The molecule has 1 fully saturated rings. The Labute approximate surface area is 131 Å². The van der Waals surface area contributed by atoms with Crippen LogP contribution < -0.4 is 10.6 Å². The molecule has 120 valence electrons. The van der Waals surface area contributed by atoms with Gasteiger partial charge in [0, 0.05) is 18.5 Å². The van der Waals surface area contributed by atoms with Crippen LogP contribution in [0.25, 0.3) is 0 Å². The van der Waals surface area contributed by atoms with Crippen molar-refractivity contribution in [2.75, 3.05) is 13.1 Å². The molecule has 2 N–H and O–H groups in total. The molecule has 0 heterocycles. The van der Waals surface area contributed by atoms with E-state index in [1.807, 2.05) is 0 Å². The summed E-state index contributed by atoms with van der Waals surface area (Å²) in [5.41, 5.74) is 0. The molecule has 0 saturated heterocycles. The minimum Gasteiger partial charge on any atom is -0.354 e. The van der Waals surface area contributed by atoms with Crippen LogP contribution in [0.1, 0.15) is 65.7 Å². The van der Waals surface area contributed by atoms with Gasteiger partial charge in [-0.25, -0.2) is 0 Å². The monoisotopic (exact) mass is 304 g/mol. The Kier molecular flexibility index (Phi) is 11.2. The molecule has 0 spiro atoms. The Balaban J connectivity index is 0.00000361.